The van der Waals surface area contributed by atoms with E-state index in [4.69, 9.17) is 17.0 Å². The number of halogens is 2. The first kappa shape index (κ1) is 24.3. The minimum Gasteiger partial charge on any atom is -0.0625 e. The Hall–Kier alpha value is -1.44. The summed E-state index contributed by atoms with van der Waals surface area (Å²) in [5.74, 6) is 0. The molecule has 34 heavy (non-hydrogen) atoms. The second-order valence-corrected chi connectivity index (χ2v) is 17.3. The van der Waals surface area contributed by atoms with Crippen molar-refractivity contribution in [3.05, 3.63) is 120 Å². The summed E-state index contributed by atoms with van der Waals surface area (Å²) < 4.78 is 0. The molecule has 0 spiro atoms. The molecule has 1 saturated carbocycles. The van der Waals surface area contributed by atoms with Gasteiger partial charge in [-0.05, 0) is 27.8 Å². The van der Waals surface area contributed by atoms with Crippen LogP contribution in [0.3, 0.4) is 0 Å². The number of hydrogen-bond donors (Lipinski definition) is 0. The zero-order chi connectivity index (χ0) is 23.4. The molecule has 0 nitrogen and oxygen atoms in total. The van der Waals surface area contributed by atoms with Crippen molar-refractivity contribution in [1.29, 1.82) is 0 Å². The quantitative estimate of drug-likeness (QED) is 0.216. The SMILES string of the molecule is [Cl][Zr][Cl].c1ccc([Si](c2ccccc2)(C2CCCC2)C2c3ccccc3-c3ccccc32)cc1. The molecule has 2 aliphatic rings. The molecular weight excluding hydrogens is 551 g/mol. The molecule has 6 rings (SSSR count). The largest absolute Gasteiger partial charge is 0.132 e. The summed E-state index contributed by atoms with van der Waals surface area (Å²) in [7, 11) is 7.68. The summed E-state index contributed by atoms with van der Waals surface area (Å²) in [5, 5.41) is 3.20. The van der Waals surface area contributed by atoms with E-state index < -0.39 is 28.9 Å². The second kappa shape index (κ2) is 11.1. The van der Waals surface area contributed by atoms with Crippen LogP contribution in [0.15, 0.2) is 109 Å². The van der Waals surface area contributed by atoms with Gasteiger partial charge in [0.15, 0.2) is 0 Å². The van der Waals surface area contributed by atoms with Gasteiger partial charge in [-0.1, -0.05) is 145 Å². The summed E-state index contributed by atoms with van der Waals surface area (Å²) in [4.78, 5) is 0. The second-order valence-electron chi connectivity index (χ2n) is 9.26. The third-order valence-corrected chi connectivity index (χ3v) is 13.8. The molecule has 0 atom stereocenters. The van der Waals surface area contributed by atoms with Gasteiger partial charge in [-0.25, -0.2) is 0 Å². The molecule has 2 aliphatic carbocycles. The normalized spacial score (nSPS) is 15.2. The van der Waals surface area contributed by atoms with E-state index in [1.54, 1.807) is 21.5 Å². The molecular formula is C30H28Cl2SiZr. The topological polar surface area (TPSA) is 0 Å². The summed E-state index contributed by atoms with van der Waals surface area (Å²) in [6, 6.07) is 41.7. The molecule has 0 saturated heterocycles. The Labute approximate surface area is 223 Å². The first-order chi connectivity index (χ1) is 16.8. The van der Waals surface area contributed by atoms with Gasteiger partial charge < -0.3 is 0 Å². The third kappa shape index (κ3) is 4.22. The van der Waals surface area contributed by atoms with Gasteiger partial charge in [0.25, 0.3) is 0 Å². The summed E-state index contributed by atoms with van der Waals surface area (Å²) >= 11 is -0.826. The van der Waals surface area contributed by atoms with Gasteiger partial charge in [0.1, 0.15) is 8.07 Å². The van der Waals surface area contributed by atoms with Crippen molar-refractivity contribution in [2.75, 3.05) is 0 Å². The van der Waals surface area contributed by atoms with Crippen LogP contribution in [0.4, 0.5) is 0 Å². The minimum atomic E-state index is -2.18. The van der Waals surface area contributed by atoms with E-state index in [9.17, 15) is 0 Å². The predicted octanol–water partition coefficient (Wildman–Crippen LogP) is 7.92. The van der Waals surface area contributed by atoms with Crippen LogP contribution < -0.4 is 10.4 Å². The molecule has 0 aliphatic heterocycles. The first-order valence-corrected chi connectivity index (χ1v) is 20.6. The maximum atomic E-state index is 4.93. The zero-order valence-corrected chi connectivity index (χ0v) is 24.1. The standard InChI is InChI=1S/C30H28Si.2ClH.Zr/c1-3-13-23(14-4-1)31(25-17-7-8-18-25,24-15-5-2-6-16-24)30-28-21-11-9-19-26(28)27-20-10-12-22-29(27)30;;;/h1-6,9-16,19-22,25,30H,7-8,17-18H2;2*1H;/q;;;+2/p-2. The van der Waals surface area contributed by atoms with E-state index in [2.05, 4.69) is 109 Å². The van der Waals surface area contributed by atoms with E-state index in [1.165, 1.54) is 36.8 Å². The van der Waals surface area contributed by atoms with Crippen LogP contribution in [-0.2, 0) is 20.8 Å². The van der Waals surface area contributed by atoms with E-state index >= 15 is 0 Å². The van der Waals surface area contributed by atoms with Crippen LogP contribution >= 0.6 is 17.0 Å². The zero-order valence-electron chi connectivity index (χ0n) is 19.1. The Morgan fingerprint density at radius 2 is 0.941 bits per heavy atom. The van der Waals surface area contributed by atoms with Crippen molar-refractivity contribution in [2.45, 2.75) is 36.8 Å². The maximum Gasteiger partial charge on any atom is 0.132 e. The summed E-state index contributed by atoms with van der Waals surface area (Å²) in [6.45, 7) is 0. The van der Waals surface area contributed by atoms with Crippen LogP contribution in [0.25, 0.3) is 11.1 Å². The maximum absolute atomic E-state index is 4.93. The van der Waals surface area contributed by atoms with E-state index in [0.29, 0.717) is 5.54 Å². The monoisotopic (exact) mass is 576 g/mol. The van der Waals surface area contributed by atoms with Crippen LogP contribution in [0, 0.1) is 0 Å². The average Bonchev–Trinajstić information content (AvgIpc) is 3.55. The molecule has 1 fully saturated rings. The van der Waals surface area contributed by atoms with Gasteiger partial charge in [-0.3, -0.25) is 0 Å². The predicted molar refractivity (Wildman–Crippen MR) is 146 cm³/mol. The van der Waals surface area contributed by atoms with E-state index in [-0.39, 0.29) is 0 Å². The van der Waals surface area contributed by atoms with Gasteiger partial charge in [0.05, 0.1) is 0 Å². The van der Waals surface area contributed by atoms with Gasteiger partial charge in [0, 0.05) is 5.54 Å². The summed E-state index contributed by atoms with van der Waals surface area (Å²) in [5.41, 5.74) is 7.23. The van der Waals surface area contributed by atoms with Crippen molar-refractivity contribution in [2.24, 2.45) is 0 Å². The van der Waals surface area contributed by atoms with Gasteiger partial charge >= 0.3 is 37.9 Å². The molecule has 0 N–H and O–H groups in total. The van der Waals surface area contributed by atoms with Gasteiger partial charge in [-0.15, -0.1) is 0 Å². The Morgan fingerprint density at radius 3 is 1.38 bits per heavy atom. The Bertz CT molecular complexity index is 1140. The van der Waals surface area contributed by atoms with Crippen LogP contribution in [0.1, 0.15) is 42.4 Å². The van der Waals surface area contributed by atoms with Gasteiger partial charge in [0.2, 0.25) is 0 Å². The van der Waals surface area contributed by atoms with Crippen molar-refractivity contribution in [3.63, 3.8) is 0 Å². The molecule has 0 radical (unpaired) electrons. The van der Waals surface area contributed by atoms with Crippen molar-refractivity contribution < 1.29 is 20.8 Å². The molecule has 0 unspecified atom stereocenters. The van der Waals surface area contributed by atoms with Crippen molar-refractivity contribution in [1.82, 2.24) is 0 Å². The molecule has 0 aromatic heterocycles. The van der Waals surface area contributed by atoms with Crippen molar-refractivity contribution >= 4 is 35.5 Å². The summed E-state index contributed by atoms with van der Waals surface area (Å²) in [6.07, 6.45) is 5.46. The molecule has 0 heterocycles. The third-order valence-electron chi connectivity index (χ3n) is 7.79. The fraction of sp³-hybridized carbons (Fsp3) is 0.200. The Kier molecular flexibility index (Phi) is 7.91. The molecule has 0 amide bonds. The smallest absolute Gasteiger partial charge is 0.0625 e. The molecule has 4 heteroatoms. The Balaban J connectivity index is 0.000000764. The Morgan fingerprint density at radius 1 is 0.559 bits per heavy atom. The van der Waals surface area contributed by atoms with Crippen LogP contribution in [0.2, 0.25) is 5.54 Å². The molecule has 0 bridgehead atoms. The van der Waals surface area contributed by atoms with Crippen LogP contribution in [-0.4, -0.2) is 8.07 Å². The fourth-order valence-corrected chi connectivity index (χ4v) is 13.4. The van der Waals surface area contributed by atoms with Crippen LogP contribution in [0.5, 0.6) is 0 Å². The average molecular weight is 579 g/mol. The van der Waals surface area contributed by atoms with Gasteiger partial charge in [-0.2, -0.15) is 0 Å². The fourth-order valence-electron chi connectivity index (χ4n) is 6.66. The van der Waals surface area contributed by atoms with E-state index in [0.717, 1.165) is 5.54 Å². The number of fused-ring (bicyclic) bond motifs is 3. The minimum absolute atomic E-state index is 0.466. The van der Waals surface area contributed by atoms with E-state index in [1.807, 2.05) is 0 Å². The molecule has 4 aromatic rings. The number of benzene rings is 4. The number of hydrogen-bond acceptors (Lipinski definition) is 0. The van der Waals surface area contributed by atoms with Crippen molar-refractivity contribution in [3.8, 4) is 11.1 Å². The molecule has 170 valence electrons. The molecule has 4 aromatic carbocycles. The first-order valence-electron chi connectivity index (χ1n) is 12.1. The number of rotatable bonds is 4.